The lowest BCUT2D eigenvalue weighted by Gasteiger charge is -2.27. The topological polar surface area (TPSA) is 12.0 Å². The van der Waals surface area contributed by atoms with E-state index in [0.29, 0.717) is 0 Å². The minimum Gasteiger partial charge on any atom is -0.319 e. The lowest BCUT2D eigenvalue weighted by molar-refractivity contribution is 0.252. The van der Waals surface area contributed by atoms with Crippen LogP contribution in [0.1, 0.15) is 67.2 Å². The SMILES string of the molecule is CC.CCC(C)CC(CC)C(CC)CNC. The zero-order chi connectivity index (χ0) is 13.0. The second-order valence-corrected chi connectivity index (χ2v) is 4.64. The fraction of sp³-hybridized carbons (Fsp3) is 1.00. The average molecular weight is 229 g/mol. The lowest BCUT2D eigenvalue weighted by atomic mass is 9.81. The number of nitrogens with one attached hydrogen (secondary N) is 1. The molecule has 0 radical (unpaired) electrons. The molecule has 1 nitrogen and oxygen atoms in total. The van der Waals surface area contributed by atoms with Gasteiger partial charge in [0, 0.05) is 0 Å². The van der Waals surface area contributed by atoms with Crippen LogP contribution in [0.4, 0.5) is 0 Å². The summed E-state index contributed by atoms with van der Waals surface area (Å²) in [6.07, 6.45) is 5.39. The third kappa shape index (κ3) is 8.15. The molecular weight excluding hydrogens is 194 g/mol. The third-order valence-electron chi connectivity index (χ3n) is 3.58. The van der Waals surface area contributed by atoms with Crippen LogP contribution in [-0.2, 0) is 0 Å². The molecule has 0 aromatic carbocycles. The molecule has 0 bridgehead atoms. The summed E-state index contributed by atoms with van der Waals surface area (Å²) in [6, 6.07) is 0. The van der Waals surface area contributed by atoms with E-state index in [0.717, 1.165) is 17.8 Å². The Morgan fingerprint density at radius 3 is 1.69 bits per heavy atom. The summed E-state index contributed by atoms with van der Waals surface area (Å²) in [4.78, 5) is 0. The second-order valence-electron chi connectivity index (χ2n) is 4.64. The van der Waals surface area contributed by atoms with Gasteiger partial charge < -0.3 is 5.32 Å². The van der Waals surface area contributed by atoms with E-state index in [4.69, 9.17) is 0 Å². The summed E-state index contributed by atoms with van der Waals surface area (Å²) in [7, 11) is 2.07. The highest BCUT2D eigenvalue weighted by atomic mass is 14.8. The standard InChI is InChI=1S/C13H29N.C2H6/c1-6-11(4)9-12(7-2)13(8-3)10-14-5;1-2/h11-14H,6-10H2,1-5H3;1-2H3. The highest BCUT2D eigenvalue weighted by Crippen LogP contribution is 2.27. The molecule has 1 heteroatoms. The van der Waals surface area contributed by atoms with Gasteiger partial charge in [0.05, 0.1) is 0 Å². The molecule has 0 fully saturated rings. The molecule has 3 unspecified atom stereocenters. The van der Waals surface area contributed by atoms with E-state index in [-0.39, 0.29) is 0 Å². The van der Waals surface area contributed by atoms with Gasteiger partial charge in [-0.1, -0.05) is 60.8 Å². The molecule has 0 heterocycles. The summed E-state index contributed by atoms with van der Waals surface area (Å²) in [5.41, 5.74) is 0. The van der Waals surface area contributed by atoms with E-state index < -0.39 is 0 Å². The molecule has 100 valence electrons. The van der Waals surface area contributed by atoms with Crippen LogP contribution in [0.25, 0.3) is 0 Å². The molecule has 0 aliphatic carbocycles. The van der Waals surface area contributed by atoms with Gasteiger partial charge in [0.2, 0.25) is 0 Å². The first-order chi connectivity index (χ1) is 7.69. The average Bonchev–Trinajstić information content (AvgIpc) is 2.35. The first-order valence-corrected chi connectivity index (χ1v) is 7.34. The molecule has 0 aliphatic rings. The van der Waals surface area contributed by atoms with Gasteiger partial charge in [-0.2, -0.15) is 0 Å². The first kappa shape index (κ1) is 18.3. The van der Waals surface area contributed by atoms with Gasteiger partial charge in [-0.05, 0) is 37.8 Å². The molecule has 0 saturated carbocycles. The van der Waals surface area contributed by atoms with Crippen LogP contribution in [0.2, 0.25) is 0 Å². The van der Waals surface area contributed by atoms with E-state index >= 15 is 0 Å². The van der Waals surface area contributed by atoms with Gasteiger partial charge in [0.15, 0.2) is 0 Å². The van der Waals surface area contributed by atoms with E-state index in [2.05, 4.69) is 40.1 Å². The largest absolute Gasteiger partial charge is 0.319 e. The molecular formula is C15H35N. The molecule has 0 amide bonds. The number of rotatable bonds is 8. The fourth-order valence-electron chi connectivity index (χ4n) is 2.28. The monoisotopic (exact) mass is 229 g/mol. The smallest absolute Gasteiger partial charge is 0.00210 e. The number of hydrogen-bond acceptors (Lipinski definition) is 1. The molecule has 0 spiro atoms. The quantitative estimate of drug-likeness (QED) is 0.635. The molecule has 0 aliphatic heterocycles. The Balaban J connectivity index is 0. The Morgan fingerprint density at radius 1 is 0.875 bits per heavy atom. The van der Waals surface area contributed by atoms with Crippen LogP contribution in [0.5, 0.6) is 0 Å². The molecule has 1 N–H and O–H groups in total. The van der Waals surface area contributed by atoms with Crippen LogP contribution in [0.3, 0.4) is 0 Å². The van der Waals surface area contributed by atoms with Crippen molar-refractivity contribution in [2.24, 2.45) is 17.8 Å². The second kappa shape index (κ2) is 13.0. The maximum absolute atomic E-state index is 3.32. The van der Waals surface area contributed by atoms with Crippen molar-refractivity contribution >= 4 is 0 Å². The van der Waals surface area contributed by atoms with E-state index in [9.17, 15) is 0 Å². The summed E-state index contributed by atoms with van der Waals surface area (Å²) in [5, 5.41) is 3.32. The van der Waals surface area contributed by atoms with Gasteiger partial charge in [-0.3, -0.25) is 0 Å². The Morgan fingerprint density at radius 2 is 1.38 bits per heavy atom. The van der Waals surface area contributed by atoms with E-state index in [1.54, 1.807) is 0 Å². The van der Waals surface area contributed by atoms with E-state index in [1.807, 2.05) is 13.8 Å². The Kier molecular flexibility index (Phi) is 14.9. The Bertz CT molecular complexity index is 123. The van der Waals surface area contributed by atoms with Gasteiger partial charge in [0.1, 0.15) is 0 Å². The van der Waals surface area contributed by atoms with Crippen molar-refractivity contribution in [3.05, 3.63) is 0 Å². The maximum Gasteiger partial charge on any atom is -0.00210 e. The van der Waals surface area contributed by atoms with Crippen LogP contribution >= 0.6 is 0 Å². The zero-order valence-corrected chi connectivity index (χ0v) is 12.8. The fourth-order valence-corrected chi connectivity index (χ4v) is 2.28. The summed E-state index contributed by atoms with van der Waals surface area (Å²) in [5.74, 6) is 2.69. The molecule has 3 atom stereocenters. The van der Waals surface area contributed by atoms with Gasteiger partial charge >= 0.3 is 0 Å². The predicted octanol–water partition coefficient (Wildman–Crippen LogP) is 4.72. The normalized spacial score (nSPS) is 15.9. The summed E-state index contributed by atoms with van der Waals surface area (Å²) in [6.45, 7) is 14.5. The maximum atomic E-state index is 3.32. The molecule has 16 heavy (non-hydrogen) atoms. The van der Waals surface area contributed by atoms with Crippen LogP contribution < -0.4 is 5.32 Å². The minimum atomic E-state index is 0.874. The van der Waals surface area contributed by atoms with Crippen molar-refractivity contribution < 1.29 is 0 Å². The summed E-state index contributed by atoms with van der Waals surface area (Å²) < 4.78 is 0. The van der Waals surface area contributed by atoms with Crippen molar-refractivity contribution in [2.45, 2.75) is 67.2 Å². The van der Waals surface area contributed by atoms with E-state index in [1.165, 1.54) is 32.2 Å². The predicted molar refractivity (Wildman–Crippen MR) is 76.9 cm³/mol. The molecule has 0 saturated heterocycles. The molecule has 0 aromatic rings. The number of hydrogen-bond donors (Lipinski definition) is 1. The Labute approximate surface area is 104 Å². The van der Waals surface area contributed by atoms with Crippen LogP contribution in [-0.4, -0.2) is 13.6 Å². The van der Waals surface area contributed by atoms with Crippen molar-refractivity contribution in [1.29, 1.82) is 0 Å². The highest BCUT2D eigenvalue weighted by molar-refractivity contribution is 4.71. The van der Waals surface area contributed by atoms with Gasteiger partial charge in [0.25, 0.3) is 0 Å². The van der Waals surface area contributed by atoms with Crippen molar-refractivity contribution in [3.8, 4) is 0 Å². The lowest BCUT2D eigenvalue weighted by Crippen LogP contribution is -2.26. The zero-order valence-electron chi connectivity index (χ0n) is 12.8. The third-order valence-corrected chi connectivity index (χ3v) is 3.58. The van der Waals surface area contributed by atoms with Crippen LogP contribution in [0.15, 0.2) is 0 Å². The van der Waals surface area contributed by atoms with Crippen molar-refractivity contribution in [3.63, 3.8) is 0 Å². The molecule has 0 aromatic heterocycles. The van der Waals surface area contributed by atoms with Crippen LogP contribution in [0, 0.1) is 17.8 Å². The Hall–Kier alpha value is -0.0400. The minimum absolute atomic E-state index is 0.874. The van der Waals surface area contributed by atoms with Crippen molar-refractivity contribution in [1.82, 2.24) is 5.32 Å². The van der Waals surface area contributed by atoms with Gasteiger partial charge in [-0.15, -0.1) is 0 Å². The van der Waals surface area contributed by atoms with Gasteiger partial charge in [-0.25, -0.2) is 0 Å². The van der Waals surface area contributed by atoms with Crippen molar-refractivity contribution in [2.75, 3.05) is 13.6 Å². The first-order valence-electron chi connectivity index (χ1n) is 7.34. The highest BCUT2D eigenvalue weighted by Gasteiger charge is 2.19. The molecule has 0 rings (SSSR count). The summed E-state index contributed by atoms with van der Waals surface area (Å²) >= 11 is 0.